The second-order valence-electron chi connectivity index (χ2n) is 11.7. The van der Waals surface area contributed by atoms with Gasteiger partial charge in [-0.15, -0.1) is 0 Å². The predicted octanol–water partition coefficient (Wildman–Crippen LogP) is 5.86. The Kier molecular flexibility index (Phi) is 7.81. The van der Waals surface area contributed by atoms with Crippen LogP contribution in [0.15, 0.2) is 85.1 Å². The maximum absolute atomic E-state index is 15.4. The van der Waals surface area contributed by atoms with Crippen molar-refractivity contribution in [3.05, 3.63) is 119 Å². The molecule has 2 aromatic heterocycles. The summed E-state index contributed by atoms with van der Waals surface area (Å²) in [5.41, 5.74) is 8.05. The van der Waals surface area contributed by atoms with Gasteiger partial charge in [-0.05, 0) is 78.1 Å². The molecule has 226 valence electrons. The van der Waals surface area contributed by atoms with Gasteiger partial charge in [-0.3, -0.25) is 4.79 Å². The molecule has 1 fully saturated rings. The van der Waals surface area contributed by atoms with Crippen molar-refractivity contribution in [3.8, 4) is 5.69 Å². The highest BCUT2D eigenvalue weighted by Crippen LogP contribution is 2.42. The molecule has 44 heavy (non-hydrogen) atoms. The molecule has 0 radical (unpaired) electrons. The lowest BCUT2D eigenvalue weighted by Crippen LogP contribution is -2.46. The summed E-state index contributed by atoms with van der Waals surface area (Å²) in [7, 11) is -3.68. The van der Waals surface area contributed by atoms with E-state index in [0.717, 1.165) is 41.9 Å². The number of benzene rings is 3. The van der Waals surface area contributed by atoms with Gasteiger partial charge >= 0.3 is 0 Å². The third kappa shape index (κ3) is 6.13. The van der Waals surface area contributed by atoms with E-state index in [1.54, 1.807) is 36.0 Å². The highest BCUT2D eigenvalue weighted by Gasteiger charge is 2.39. The summed E-state index contributed by atoms with van der Waals surface area (Å²) in [6.07, 6.45) is 6.06. The zero-order chi connectivity index (χ0) is 31.1. The van der Waals surface area contributed by atoms with E-state index in [1.807, 2.05) is 54.6 Å². The van der Waals surface area contributed by atoms with Gasteiger partial charge in [0.1, 0.15) is 17.3 Å². The average Bonchev–Trinajstić information content (AvgIpc) is 3.75. The van der Waals surface area contributed by atoms with Crippen molar-refractivity contribution >= 4 is 32.4 Å². The van der Waals surface area contributed by atoms with Crippen LogP contribution < -0.4 is 10.5 Å². The lowest BCUT2D eigenvalue weighted by molar-refractivity contribution is 0.0984. The molecule has 1 atom stereocenters. The van der Waals surface area contributed by atoms with Gasteiger partial charge in [0.15, 0.2) is 5.78 Å². The maximum Gasteiger partial charge on any atom is 0.209 e. The molecule has 6 rings (SSSR count). The SMILES string of the molecule is Cc1cc(C(=O)Cc2cc(C(CCC3CC3)(NS(C)(=O)=O)c3ccccc3)ccc2F)n(-c2ccc3ccnc(N)c3c2)n1. The molecule has 1 aliphatic carbocycles. The first kappa shape index (κ1) is 29.7. The fourth-order valence-electron chi connectivity index (χ4n) is 5.94. The molecule has 0 aliphatic heterocycles. The molecule has 0 saturated heterocycles. The Bertz CT molecular complexity index is 1970. The number of ketones is 1. The van der Waals surface area contributed by atoms with E-state index >= 15 is 4.39 Å². The number of Topliss-reactive ketones (excluding diaryl/α,β-unsaturated/α-hetero) is 1. The number of pyridine rings is 1. The number of hydrogen-bond donors (Lipinski definition) is 2. The van der Waals surface area contributed by atoms with Gasteiger partial charge < -0.3 is 5.73 Å². The van der Waals surface area contributed by atoms with Crippen LogP contribution in [-0.4, -0.2) is 35.2 Å². The number of nitrogens with two attached hydrogens (primary N) is 1. The number of carbonyl (C=O) groups is 1. The molecule has 10 heteroatoms. The van der Waals surface area contributed by atoms with Crippen LogP contribution in [0.3, 0.4) is 0 Å². The van der Waals surface area contributed by atoms with E-state index in [1.165, 1.54) is 6.07 Å². The lowest BCUT2D eigenvalue weighted by Gasteiger charge is -2.36. The number of nitrogen functional groups attached to an aromatic ring is 1. The van der Waals surface area contributed by atoms with E-state index in [4.69, 9.17) is 5.73 Å². The smallest absolute Gasteiger partial charge is 0.209 e. The molecular weight excluding hydrogens is 577 g/mol. The van der Waals surface area contributed by atoms with Crippen molar-refractivity contribution in [3.63, 3.8) is 0 Å². The number of hydrogen-bond acceptors (Lipinski definition) is 6. The van der Waals surface area contributed by atoms with E-state index < -0.39 is 21.4 Å². The summed E-state index contributed by atoms with van der Waals surface area (Å²) in [4.78, 5) is 18.0. The number of rotatable bonds is 11. The molecule has 1 aliphatic rings. The lowest BCUT2D eigenvalue weighted by atomic mass is 9.78. The number of aromatic nitrogens is 3. The van der Waals surface area contributed by atoms with Crippen LogP contribution in [0.25, 0.3) is 16.5 Å². The number of anilines is 1. The molecule has 0 spiro atoms. The molecule has 3 aromatic carbocycles. The molecule has 8 nitrogen and oxygen atoms in total. The van der Waals surface area contributed by atoms with Crippen molar-refractivity contribution in [1.82, 2.24) is 19.5 Å². The number of nitrogens with one attached hydrogen (secondary N) is 1. The van der Waals surface area contributed by atoms with Crippen LogP contribution in [-0.2, 0) is 22.0 Å². The molecule has 5 aromatic rings. The monoisotopic (exact) mass is 611 g/mol. The van der Waals surface area contributed by atoms with Gasteiger partial charge in [-0.2, -0.15) is 5.10 Å². The molecule has 1 saturated carbocycles. The van der Waals surface area contributed by atoms with Gasteiger partial charge in [0.05, 0.1) is 23.2 Å². The van der Waals surface area contributed by atoms with Gasteiger partial charge in [0.25, 0.3) is 0 Å². The molecular formula is C34H34FN5O3S. The number of nitrogens with zero attached hydrogens (tertiary/aromatic N) is 3. The van der Waals surface area contributed by atoms with Crippen LogP contribution in [0.1, 0.15) is 58.6 Å². The Morgan fingerprint density at radius 2 is 1.82 bits per heavy atom. The Morgan fingerprint density at radius 1 is 1.05 bits per heavy atom. The molecule has 1 unspecified atom stereocenters. The Balaban J connectivity index is 1.39. The van der Waals surface area contributed by atoms with E-state index in [0.29, 0.717) is 40.8 Å². The van der Waals surface area contributed by atoms with Crippen molar-refractivity contribution in [2.75, 3.05) is 12.0 Å². The summed E-state index contributed by atoms with van der Waals surface area (Å²) in [5, 5.41) is 6.19. The van der Waals surface area contributed by atoms with Crippen molar-refractivity contribution < 1.29 is 17.6 Å². The first-order valence-corrected chi connectivity index (χ1v) is 16.5. The number of aryl methyl sites for hydroxylation is 1. The predicted molar refractivity (Wildman–Crippen MR) is 170 cm³/mol. The molecule has 0 amide bonds. The third-order valence-corrected chi connectivity index (χ3v) is 9.00. The van der Waals surface area contributed by atoms with E-state index in [9.17, 15) is 13.2 Å². The first-order valence-electron chi connectivity index (χ1n) is 14.6. The van der Waals surface area contributed by atoms with Crippen LogP contribution in [0.5, 0.6) is 0 Å². The van der Waals surface area contributed by atoms with E-state index in [2.05, 4.69) is 14.8 Å². The minimum atomic E-state index is -3.68. The maximum atomic E-state index is 15.4. The van der Waals surface area contributed by atoms with Gasteiger partial charge in [-0.1, -0.05) is 61.4 Å². The molecule has 0 bridgehead atoms. The van der Waals surface area contributed by atoms with Gasteiger partial charge in [-0.25, -0.2) is 27.2 Å². The topological polar surface area (TPSA) is 120 Å². The van der Waals surface area contributed by atoms with Gasteiger partial charge in [0, 0.05) is 18.0 Å². The van der Waals surface area contributed by atoms with Crippen LogP contribution in [0, 0.1) is 18.7 Å². The second kappa shape index (κ2) is 11.6. The minimum absolute atomic E-state index is 0.173. The van der Waals surface area contributed by atoms with Crippen LogP contribution in [0.4, 0.5) is 10.2 Å². The number of sulfonamides is 1. The van der Waals surface area contributed by atoms with Crippen LogP contribution >= 0.6 is 0 Å². The standard InChI is InChI=1S/C34H34FN5O3S/c1-22-18-31(40(38-22)28-12-10-24-15-17-37-33(36)29(24)21-28)32(41)20-25-19-27(11-13-30(25)35)34(39-44(2,42)43,16-14-23-8-9-23)26-6-4-3-5-7-26/h3-7,10-13,15,17-19,21,23,39H,8-9,14,16,20H2,1-2H3,(H2,36,37). The Hall–Kier alpha value is -4.41. The zero-order valence-corrected chi connectivity index (χ0v) is 25.4. The third-order valence-electron chi connectivity index (χ3n) is 8.28. The highest BCUT2D eigenvalue weighted by molar-refractivity contribution is 7.88. The number of carbonyl (C=O) groups excluding carboxylic acids is 1. The number of fused-ring (bicyclic) bond motifs is 1. The Morgan fingerprint density at radius 3 is 2.55 bits per heavy atom. The number of halogens is 1. The minimum Gasteiger partial charge on any atom is -0.383 e. The van der Waals surface area contributed by atoms with Gasteiger partial charge in [0.2, 0.25) is 10.0 Å². The van der Waals surface area contributed by atoms with E-state index in [-0.39, 0.29) is 17.8 Å². The fourth-order valence-corrected chi connectivity index (χ4v) is 6.91. The Labute approximate surface area is 256 Å². The zero-order valence-electron chi connectivity index (χ0n) is 24.6. The summed E-state index contributed by atoms with van der Waals surface area (Å²) in [5.74, 6) is 0.0233. The molecule has 2 heterocycles. The quantitative estimate of drug-likeness (QED) is 0.181. The first-order chi connectivity index (χ1) is 21.0. The van der Waals surface area contributed by atoms with Crippen LogP contribution in [0.2, 0.25) is 0 Å². The summed E-state index contributed by atoms with van der Waals surface area (Å²) in [6.45, 7) is 1.79. The van der Waals surface area contributed by atoms with Crippen molar-refractivity contribution in [2.45, 2.75) is 44.6 Å². The summed E-state index contributed by atoms with van der Waals surface area (Å²) >= 11 is 0. The summed E-state index contributed by atoms with van der Waals surface area (Å²) in [6, 6.07) is 23.0. The van der Waals surface area contributed by atoms with Crippen molar-refractivity contribution in [2.24, 2.45) is 5.92 Å². The average molecular weight is 612 g/mol. The van der Waals surface area contributed by atoms with Crippen molar-refractivity contribution in [1.29, 1.82) is 0 Å². The fraction of sp³-hybridized carbons (Fsp3) is 0.265. The normalized spacial score (nSPS) is 14.9. The second-order valence-corrected chi connectivity index (χ2v) is 13.5. The largest absolute Gasteiger partial charge is 0.383 e. The highest BCUT2D eigenvalue weighted by atomic mass is 32.2. The molecule has 3 N–H and O–H groups in total. The summed E-state index contributed by atoms with van der Waals surface area (Å²) < 4.78 is 45.4.